The minimum Gasteiger partial charge on any atom is -0.437 e. The molecule has 0 spiro atoms. The lowest BCUT2D eigenvalue weighted by Gasteiger charge is -2.10. The van der Waals surface area contributed by atoms with Crippen LogP contribution in [0.5, 0.6) is 11.6 Å². The molecule has 1 aliphatic carbocycles. The second-order valence-electron chi connectivity index (χ2n) is 4.25. The van der Waals surface area contributed by atoms with Gasteiger partial charge in [-0.1, -0.05) is 11.6 Å². The summed E-state index contributed by atoms with van der Waals surface area (Å²) in [7, 11) is 0. The molecule has 2 aromatic rings. The molecule has 0 atom stereocenters. The summed E-state index contributed by atoms with van der Waals surface area (Å²) in [5, 5.41) is 0.523. The molecular formula is C13H12ClN3O. The van der Waals surface area contributed by atoms with Gasteiger partial charge in [-0.05, 0) is 31.4 Å². The van der Waals surface area contributed by atoms with Gasteiger partial charge >= 0.3 is 0 Å². The summed E-state index contributed by atoms with van der Waals surface area (Å²) in [5.41, 5.74) is 8.48. The van der Waals surface area contributed by atoms with Gasteiger partial charge in [0.15, 0.2) is 0 Å². The highest BCUT2D eigenvalue weighted by atomic mass is 35.5. The summed E-state index contributed by atoms with van der Waals surface area (Å²) in [6.45, 7) is 0. The number of nitrogens with zero attached hydrogens (tertiary/aromatic N) is 2. The van der Waals surface area contributed by atoms with Crippen LogP contribution in [0.4, 0.5) is 5.69 Å². The summed E-state index contributed by atoms with van der Waals surface area (Å²) in [5.74, 6) is 1.12. The molecule has 1 aliphatic rings. The normalized spacial score (nSPS) is 13.4. The zero-order valence-corrected chi connectivity index (χ0v) is 10.4. The number of hydrogen-bond acceptors (Lipinski definition) is 4. The van der Waals surface area contributed by atoms with E-state index in [4.69, 9.17) is 22.1 Å². The average Bonchev–Trinajstić information content (AvgIpc) is 2.83. The van der Waals surface area contributed by atoms with Gasteiger partial charge in [0.05, 0.1) is 10.7 Å². The van der Waals surface area contributed by atoms with E-state index in [1.807, 2.05) is 0 Å². The number of hydrogen-bond donors (Lipinski definition) is 1. The third kappa shape index (κ3) is 1.99. The van der Waals surface area contributed by atoms with Crippen LogP contribution in [0.3, 0.4) is 0 Å². The number of rotatable bonds is 2. The zero-order valence-electron chi connectivity index (χ0n) is 9.69. The van der Waals surface area contributed by atoms with Gasteiger partial charge in [0, 0.05) is 17.3 Å². The third-order valence-electron chi connectivity index (χ3n) is 3.00. The minimum absolute atomic E-state index is 0.523. The lowest BCUT2D eigenvalue weighted by Crippen LogP contribution is -1.97. The molecule has 0 amide bonds. The number of aryl methyl sites for hydroxylation is 1. The summed E-state index contributed by atoms with van der Waals surface area (Å²) >= 11 is 6.07. The quantitative estimate of drug-likeness (QED) is 0.844. The Kier molecular flexibility index (Phi) is 2.80. The highest BCUT2D eigenvalue weighted by Crippen LogP contribution is 2.34. The van der Waals surface area contributed by atoms with Gasteiger partial charge in [-0.15, -0.1) is 0 Å². The van der Waals surface area contributed by atoms with Crippen molar-refractivity contribution in [3.8, 4) is 11.6 Å². The van der Waals surface area contributed by atoms with E-state index < -0.39 is 0 Å². The predicted molar refractivity (Wildman–Crippen MR) is 70.0 cm³/mol. The first kappa shape index (κ1) is 11.3. The molecule has 0 saturated heterocycles. The summed E-state index contributed by atoms with van der Waals surface area (Å²) < 4.78 is 5.77. The molecule has 0 fully saturated rings. The summed E-state index contributed by atoms with van der Waals surface area (Å²) in [6.07, 6.45) is 4.55. The molecule has 2 N–H and O–H groups in total. The lowest BCUT2D eigenvalue weighted by atomic mass is 10.2. The van der Waals surface area contributed by atoms with E-state index in [1.54, 1.807) is 18.2 Å². The maximum Gasteiger partial charge on any atom is 0.225 e. The van der Waals surface area contributed by atoms with Crippen LogP contribution in [-0.4, -0.2) is 9.97 Å². The molecule has 0 saturated carbocycles. The summed E-state index contributed by atoms with van der Waals surface area (Å²) in [4.78, 5) is 8.44. The van der Waals surface area contributed by atoms with E-state index >= 15 is 0 Å². The number of benzene rings is 1. The van der Waals surface area contributed by atoms with Crippen LogP contribution in [0.1, 0.15) is 17.7 Å². The van der Waals surface area contributed by atoms with Crippen LogP contribution >= 0.6 is 11.6 Å². The predicted octanol–water partition coefficient (Wildman–Crippen LogP) is 2.99. The Morgan fingerprint density at radius 3 is 3.00 bits per heavy atom. The Morgan fingerprint density at radius 1 is 1.22 bits per heavy atom. The fraction of sp³-hybridized carbons (Fsp3) is 0.231. The first-order valence-electron chi connectivity index (χ1n) is 5.79. The number of fused-ring (bicyclic) bond motifs is 1. The zero-order chi connectivity index (χ0) is 12.5. The molecule has 0 aliphatic heterocycles. The molecule has 1 aromatic heterocycles. The van der Waals surface area contributed by atoms with Gasteiger partial charge in [0.25, 0.3) is 0 Å². The van der Waals surface area contributed by atoms with Gasteiger partial charge in [-0.25, -0.2) is 9.97 Å². The van der Waals surface area contributed by atoms with Crippen LogP contribution in [0.25, 0.3) is 0 Å². The molecule has 1 aromatic carbocycles. The van der Waals surface area contributed by atoms with Crippen LogP contribution in [-0.2, 0) is 12.8 Å². The number of nitrogens with two attached hydrogens (primary N) is 1. The van der Waals surface area contributed by atoms with Crippen molar-refractivity contribution in [2.24, 2.45) is 0 Å². The molecule has 18 heavy (non-hydrogen) atoms. The van der Waals surface area contributed by atoms with Gasteiger partial charge in [0.1, 0.15) is 12.1 Å². The SMILES string of the molecule is Nc1ccc(Cl)c(Oc2ncnc3c2CCC3)c1. The fourth-order valence-corrected chi connectivity index (χ4v) is 2.28. The smallest absolute Gasteiger partial charge is 0.225 e. The second-order valence-corrected chi connectivity index (χ2v) is 4.66. The van der Waals surface area contributed by atoms with Gasteiger partial charge in [0.2, 0.25) is 5.88 Å². The Bertz CT molecular complexity index is 601. The van der Waals surface area contributed by atoms with Crippen LogP contribution in [0, 0.1) is 0 Å². The van der Waals surface area contributed by atoms with Crippen molar-refractivity contribution in [2.75, 3.05) is 5.73 Å². The molecule has 0 radical (unpaired) electrons. The number of nitrogen functional groups attached to an aromatic ring is 1. The summed E-state index contributed by atoms with van der Waals surface area (Å²) in [6, 6.07) is 5.15. The molecular weight excluding hydrogens is 250 g/mol. The van der Waals surface area contributed by atoms with Crippen LogP contribution in [0.15, 0.2) is 24.5 Å². The van der Waals surface area contributed by atoms with Crippen molar-refractivity contribution in [3.05, 3.63) is 40.8 Å². The van der Waals surface area contributed by atoms with Crippen molar-refractivity contribution in [2.45, 2.75) is 19.3 Å². The molecule has 4 nitrogen and oxygen atoms in total. The van der Waals surface area contributed by atoms with Crippen molar-refractivity contribution < 1.29 is 4.74 Å². The maximum absolute atomic E-state index is 6.07. The Labute approximate surface area is 110 Å². The average molecular weight is 262 g/mol. The first-order valence-corrected chi connectivity index (χ1v) is 6.17. The topological polar surface area (TPSA) is 61.0 Å². The van der Waals surface area contributed by atoms with Gasteiger partial charge in [-0.3, -0.25) is 0 Å². The fourth-order valence-electron chi connectivity index (χ4n) is 2.12. The van der Waals surface area contributed by atoms with Crippen molar-refractivity contribution in [3.63, 3.8) is 0 Å². The number of aromatic nitrogens is 2. The van der Waals surface area contributed by atoms with E-state index in [-0.39, 0.29) is 0 Å². The van der Waals surface area contributed by atoms with Crippen molar-refractivity contribution >= 4 is 17.3 Å². The highest BCUT2D eigenvalue weighted by Gasteiger charge is 2.19. The van der Waals surface area contributed by atoms with Crippen molar-refractivity contribution in [1.29, 1.82) is 0 Å². The van der Waals surface area contributed by atoms with E-state index in [2.05, 4.69) is 9.97 Å². The molecule has 1 heterocycles. The van der Waals surface area contributed by atoms with Crippen LogP contribution < -0.4 is 10.5 Å². The van der Waals surface area contributed by atoms with Crippen molar-refractivity contribution in [1.82, 2.24) is 9.97 Å². The van der Waals surface area contributed by atoms with Crippen LogP contribution in [0.2, 0.25) is 5.02 Å². The van der Waals surface area contributed by atoms with E-state index in [1.165, 1.54) is 6.33 Å². The number of anilines is 1. The van der Waals surface area contributed by atoms with E-state index in [9.17, 15) is 0 Å². The van der Waals surface area contributed by atoms with E-state index in [0.717, 1.165) is 30.5 Å². The standard InChI is InChI=1S/C13H12ClN3O/c14-10-5-4-8(15)6-12(10)18-13-9-2-1-3-11(9)16-7-17-13/h4-7H,1-3,15H2. The number of ether oxygens (including phenoxy) is 1. The highest BCUT2D eigenvalue weighted by molar-refractivity contribution is 6.32. The number of halogens is 1. The lowest BCUT2D eigenvalue weighted by molar-refractivity contribution is 0.456. The Hall–Kier alpha value is -1.81. The third-order valence-corrected chi connectivity index (χ3v) is 3.31. The Balaban J connectivity index is 1.98. The Morgan fingerprint density at radius 2 is 2.11 bits per heavy atom. The molecule has 3 rings (SSSR count). The second kappa shape index (κ2) is 4.46. The molecule has 92 valence electrons. The van der Waals surface area contributed by atoms with Gasteiger partial charge in [-0.2, -0.15) is 0 Å². The molecule has 5 heteroatoms. The minimum atomic E-state index is 0.523. The largest absolute Gasteiger partial charge is 0.437 e. The van der Waals surface area contributed by atoms with Gasteiger partial charge < -0.3 is 10.5 Å². The molecule has 0 unspecified atom stereocenters. The monoisotopic (exact) mass is 261 g/mol. The molecule has 0 bridgehead atoms. The maximum atomic E-state index is 6.07. The first-order chi connectivity index (χ1) is 8.74. The van der Waals surface area contributed by atoms with E-state index in [0.29, 0.717) is 22.3 Å².